The number of hydrogen-bond acceptors (Lipinski definition) is 1. The van der Waals surface area contributed by atoms with Crippen molar-refractivity contribution in [3.05, 3.63) is 36.1 Å². The summed E-state index contributed by atoms with van der Waals surface area (Å²) in [5, 5.41) is 3.82. The first-order valence-electron chi connectivity index (χ1n) is 9.52. The van der Waals surface area contributed by atoms with E-state index in [-0.39, 0.29) is 0 Å². The molecule has 0 aromatic rings. The van der Waals surface area contributed by atoms with Gasteiger partial charge in [-0.3, -0.25) is 0 Å². The molecule has 1 aliphatic carbocycles. The van der Waals surface area contributed by atoms with Gasteiger partial charge in [-0.1, -0.05) is 77.2 Å². The van der Waals surface area contributed by atoms with E-state index in [4.69, 9.17) is 0 Å². The van der Waals surface area contributed by atoms with Gasteiger partial charge in [0, 0.05) is 11.7 Å². The molecular weight excluding hydrogens is 266 g/mol. The van der Waals surface area contributed by atoms with Crippen LogP contribution in [0.4, 0.5) is 0 Å². The molecule has 0 aromatic carbocycles. The molecule has 1 rings (SSSR count). The van der Waals surface area contributed by atoms with Crippen LogP contribution >= 0.6 is 0 Å². The normalized spacial score (nSPS) is 20.1. The summed E-state index contributed by atoms with van der Waals surface area (Å²) in [5.41, 5.74) is 2.85. The van der Waals surface area contributed by atoms with Crippen molar-refractivity contribution in [2.75, 3.05) is 0 Å². The second-order valence-electron chi connectivity index (χ2n) is 6.64. The molecule has 1 unspecified atom stereocenters. The maximum atomic E-state index is 3.96. The lowest BCUT2D eigenvalue weighted by atomic mass is 9.83. The molecular formula is C21H37N. The molecule has 22 heavy (non-hydrogen) atoms. The second kappa shape index (κ2) is 11.6. The molecule has 1 aliphatic rings. The minimum absolute atomic E-state index is 0.595. The summed E-state index contributed by atoms with van der Waals surface area (Å²) >= 11 is 0. The Kier molecular flexibility index (Phi) is 10.0. The van der Waals surface area contributed by atoms with Crippen molar-refractivity contribution in [2.24, 2.45) is 5.92 Å². The van der Waals surface area contributed by atoms with Crippen molar-refractivity contribution in [3.63, 3.8) is 0 Å². The van der Waals surface area contributed by atoms with Gasteiger partial charge in [-0.15, -0.1) is 0 Å². The van der Waals surface area contributed by atoms with E-state index in [0.717, 1.165) is 0 Å². The topological polar surface area (TPSA) is 12.0 Å². The first kappa shape index (κ1) is 19.1. The first-order chi connectivity index (χ1) is 10.8. The average molecular weight is 304 g/mol. The molecule has 0 radical (unpaired) electrons. The van der Waals surface area contributed by atoms with Gasteiger partial charge in [0.05, 0.1) is 0 Å². The smallest absolute Gasteiger partial charge is 0.0334 e. The van der Waals surface area contributed by atoms with Crippen LogP contribution in [0.25, 0.3) is 0 Å². The molecule has 0 bridgehead atoms. The van der Waals surface area contributed by atoms with E-state index in [0.29, 0.717) is 12.0 Å². The van der Waals surface area contributed by atoms with E-state index in [9.17, 15) is 0 Å². The maximum Gasteiger partial charge on any atom is 0.0334 e. The largest absolute Gasteiger partial charge is 0.382 e. The van der Waals surface area contributed by atoms with Crippen molar-refractivity contribution in [3.8, 4) is 0 Å². The van der Waals surface area contributed by atoms with Gasteiger partial charge in [-0.05, 0) is 44.1 Å². The summed E-state index contributed by atoms with van der Waals surface area (Å²) in [6.07, 6.45) is 19.9. The molecule has 1 N–H and O–H groups in total. The molecule has 126 valence electrons. The van der Waals surface area contributed by atoms with Gasteiger partial charge in [0.25, 0.3) is 0 Å². The van der Waals surface area contributed by atoms with Crippen LogP contribution in [0, 0.1) is 5.92 Å². The molecule has 1 heteroatoms. The van der Waals surface area contributed by atoms with E-state index in [2.05, 4.69) is 44.8 Å². The minimum atomic E-state index is 0.595. The Hall–Kier alpha value is -0.980. The summed E-state index contributed by atoms with van der Waals surface area (Å²) < 4.78 is 0. The Morgan fingerprint density at radius 2 is 1.77 bits per heavy atom. The Labute approximate surface area is 139 Å². The van der Waals surface area contributed by atoms with Crippen molar-refractivity contribution < 1.29 is 0 Å². The molecule has 1 saturated carbocycles. The second-order valence-corrected chi connectivity index (χ2v) is 6.64. The van der Waals surface area contributed by atoms with Crippen LogP contribution in [-0.4, -0.2) is 6.04 Å². The SMILES string of the molecule is C=C/C=C(\C(=C/C)NC(CC)CCC)C1CCCCCCC1. The average Bonchev–Trinajstić information content (AvgIpc) is 2.50. The highest BCUT2D eigenvalue weighted by atomic mass is 14.9. The highest BCUT2D eigenvalue weighted by molar-refractivity contribution is 5.34. The van der Waals surface area contributed by atoms with Gasteiger partial charge >= 0.3 is 0 Å². The van der Waals surface area contributed by atoms with Crippen LogP contribution in [0.5, 0.6) is 0 Å². The zero-order chi connectivity index (χ0) is 16.2. The molecule has 0 saturated heterocycles. The number of rotatable bonds is 8. The zero-order valence-electron chi connectivity index (χ0n) is 15.2. The summed E-state index contributed by atoms with van der Waals surface area (Å²) in [5.74, 6) is 0.705. The van der Waals surface area contributed by atoms with Crippen LogP contribution in [0.1, 0.15) is 85.0 Å². The molecule has 0 aromatic heterocycles. The van der Waals surface area contributed by atoms with Gasteiger partial charge in [0.2, 0.25) is 0 Å². The molecule has 0 aliphatic heterocycles. The predicted octanol–water partition coefficient (Wildman–Crippen LogP) is 6.53. The number of nitrogens with one attached hydrogen (secondary N) is 1. The molecule has 0 spiro atoms. The van der Waals surface area contributed by atoms with Crippen molar-refractivity contribution in [1.29, 1.82) is 0 Å². The fourth-order valence-corrected chi connectivity index (χ4v) is 3.62. The van der Waals surface area contributed by atoms with Gasteiger partial charge in [0.15, 0.2) is 0 Å². The van der Waals surface area contributed by atoms with E-state index in [1.54, 1.807) is 0 Å². The summed E-state index contributed by atoms with van der Waals surface area (Å²) in [4.78, 5) is 0. The van der Waals surface area contributed by atoms with Crippen LogP contribution in [-0.2, 0) is 0 Å². The Morgan fingerprint density at radius 1 is 1.14 bits per heavy atom. The van der Waals surface area contributed by atoms with Gasteiger partial charge in [-0.25, -0.2) is 0 Å². The molecule has 1 atom stereocenters. The third-order valence-electron chi connectivity index (χ3n) is 4.93. The quantitative estimate of drug-likeness (QED) is 0.502. The van der Waals surface area contributed by atoms with Crippen LogP contribution in [0.3, 0.4) is 0 Å². The monoisotopic (exact) mass is 303 g/mol. The Balaban J connectivity index is 2.85. The van der Waals surface area contributed by atoms with Crippen LogP contribution in [0.15, 0.2) is 36.1 Å². The molecule has 0 amide bonds. The molecule has 0 heterocycles. The lowest BCUT2D eigenvalue weighted by Gasteiger charge is -2.28. The van der Waals surface area contributed by atoms with Crippen LogP contribution < -0.4 is 5.32 Å². The van der Waals surface area contributed by atoms with Crippen molar-refractivity contribution in [2.45, 2.75) is 91.0 Å². The minimum Gasteiger partial charge on any atom is -0.382 e. The number of allylic oxidation sites excluding steroid dienone is 4. The zero-order valence-corrected chi connectivity index (χ0v) is 15.2. The van der Waals surface area contributed by atoms with Crippen LogP contribution in [0.2, 0.25) is 0 Å². The fourth-order valence-electron chi connectivity index (χ4n) is 3.62. The lowest BCUT2D eigenvalue weighted by Crippen LogP contribution is -2.30. The third kappa shape index (κ3) is 6.42. The highest BCUT2D eigenvalue weighted by Gasteiger charge is 2.19. The van der Waals surface area contributed by atoms with Gasteiger partial charge in [-0.2, -0.15) is 0 Å². The van der Waals surface area contributed by atoms with Crippen molar-refractivity contribution >= 4 is 0 Å². The molecule has 1 nitrogen and oxygen atoms in total. The van der Waals surface area contributed by atoms with Gasteiger partial charge in [0.1, 0.15) is 0 Å². The Morgan fingerprint density at radius 3 is 2.27 bits per heavy atom. The Bertz CT molecular complexity index is 356. The maximum absolute atomic E-state index is 3.96. The lowest BCUT2D eigenvalue weighted by molar-refractivity contribution is 0.414. The standard InChI is InChI=1S/C21H37N/c1-5-14-19(7-3)22-21(8-4)20(15-6-2)18-16-12-10-9-11-13-17-18/h6,8,15,18-19,22H,2,5,7,9-14,16-17H2,1,3-4H3/b20-15-,21-8+. The summed E-state index contributed by atoms with van der Waals surface area (Å²) in [6.45, 7) is 10.7. The van der Waals surface area contributed by atoms with Gasteiger partial charge < -0.3 is 5.32 Å². The van der Waals surface area contributed by atoms with E-state index in [1.165, 1.54) is 75.5 Å². The fraction of sp³-hybridized carbons (Fsp3) is 0.714. The summed E-state index contributed by atoms with van der Waals surface area (Å²) in [7, 11) is 0. The van der Waals surface area contributed by atoms with Crippen molar-refractivity contribution in [1.82, 2.24) is 5.32 Å². The predicted molar refractivity (Wildman–Crippen MR) is 100.0 cm³/mol. The van der Waals surface area contributed by atoms with E-state index in [1.807, 2.05) is 6.08 Å². The van der Waals surface area contributed by atoms with E-state index >= 15 is 0 Å². The third-order valence-corrected chi connectivity index (χ3v) is 4.93. The summed E-state index contributed by atoms with van der Waals surface area (Å²) in [6, 6.07) is 0.595. The van der Waals surface area contributed by atoms with E-state index < -0.39 is 0 Å². The number of hydrogen-bond donors (Lipinski definition) is 1. The highest BCUT2D eigenvalue weighted by Crippen LogP contribution is 2.31. The molecule has 1 fully saturated rings. The first-order valence-corrected chi connectivity index (χ1v) is 9.52.